The van der Waals surface area contributed by atoms with E-state index >= 15 is 0 Å². The van der Waals surface area contributed by atoms with Crippen LogP contribution in [0.3, 0.4) is 0 Å². The molecule has 74 heavy (non-hydrogen) atoms. The van der Waals surface area contributed by atoms with E-state index in [0.717, 1.165) is 0 Å². The third-order valence-corrected chi connectivity index (χ3v) is 16.6. The van der Waals surface area contributed by atoms with E-state index in [4.69, 9.17) is 0 Å². The summed E-state index contributed by atoms with van der Waals surface area (Å²) < 4.78 is 0. The first-order valence-corrected chi connectivity index (χ1v) is 27.0. The molecule has 0 amide bonds. The van der Waals surface area contributed by atoms with Crippen molar-refractivity contribution in [2.24, 2.45) is 0 Å². The lowest BCUT2D eigenvalue weighted by Crippen LogP contribution is -2.17. The number of hydrogen-bond donors (Lipinski definition) is 0. The minimum atomic E-state index is -0.0708. The van der Waals surface area contributed by atoms with Crippen molar-refractivity contribution in [1.29, 1.82) is 0 Å². The lowest BCUT2D eigenvalue weighted by molar-refractivity contribution is 0.568. The lowest BCUT2D eigenvalue weighted by Gasteiger charge is -2.29. The standard InChI is InChI=1S/C74H70/c1-43-22-19-23-44(2)65(43)46-32-33-58-63(38-46)67(48-36-51(73(9,10)11)40-52(37-48)74(12,13)14)69-59-31-21-30-57-62-41-60(54-29-20-25-45-24-15-16-26-53(45)54)55-27-17-18-28-56(55)61(62)42-64(68(57)59)70(69)66(58)47-34-49(71(3,4)5)39-50(35-47)72(6,7)8/h15-42H,1-14H3. The molecule has 0 aromatic heterocycles. The van der Waals surface area contributed by atoms with E-state index in [9.17, 15) is 0 Å². The smallest absolute Gasteiger partial charge is 0.000719 e. The first-order chi connectivity index (χ1) is 35.1. The minimum Gasteiger partial charge on any atom is -0.0617 e. The molecular formula is C74H70. The molecule has 366 valence electrons. The SMILES string of the molecule is Cc1cccc(C)c1-c1ccc2c(-c3cc(C(C)(C)C)cc(C(C)(C)C)c3)c3c(c(-c4cc(C(C)(C)C)cc(C(C)(C)C)c4)c2c1)-c1cccc2c1c-3cc1c3ccccc3c(-c3cccc4ccccc34)cc21. The van der Waals surface area contributed by atoms with Crippen LogP contribution < -0.4 is 0 Å². The van der Waals surface area contributed by atoms with E-state index < -0.39 is 0 Å². The first kappa shape index (κ1) is 47.7. The fourth-order valence-electron chi connectivity index (χ4n) is 12.5. The summed E-state index contributed by atoms with van der Waals surface area (Å²) in [4.78, 5) is 0. The zero-order valence-corrected chi connectivity index (χ0v) is 46.2. The maximum atomic E-state index is 2.59. The van der Waals surface area contributed by atoms with E-state index in [-0.39, 0.29) is 21.7 Å². The molecular weight excluding hydrogens is 889 g/mol. The second-order valence-corrected chi connectivity index (χ2v) is 25.9. The first-order valence-electron chi connectivity index (χ1n) is 27.0. The van der Waals surface area contributed by atoms with Gasteiger partial charge in [-0.15, -0.1) is 0 Å². The summed E-state index contributed by atoms with van der Waals surface area (Å²) in [6.07, 6.45) is 0. The number of hydrogen-bond acceptors (Lipinski definition) is 0. The van der Waals surface area contributed by atoms with Crippen LogP contribution >= 0.6 is 0 Å². The molecule has 11 aromatic carbocycles. The second kappa shape index (κ2) is 16.6. The summed E-state index contributed by atoms with van der Waals surface area (Å²) in [5.74, 6) is 0. The van der Waals surface area contributed by atoms with Gasteiger partial charge in [0.15, 0.2) is 0 Å². The van der Waals surface area contributed by atoms with Crippen LogP contribution in [0.4, 0.5) is 0 Å². The Morgan fingerprint density at radius 2 is 0.689 bits per heavy atom. The van der Waals surface area contributed by atoms with Gasteiger partial charge in [-0.25, -0.2) is 0 Å². The summed E-state index contributed by atoms with van der Waals surface area (Å²) in [6, 6.07) is 66.4. The summed E-state index contributed by atoms with van der Waals surface area (Å²) in [7, 11) is 0. The van der Waals surface area contributed by atoms with E-state index in [0.29, 0.717) is 0 Å². The van der Waals surface area contributed by atoms with Crippen LogP contribution in [-0.2, 0) is 21.7 Å². The van der Waals surface area contributed by atoms with Gasteiger partial charge in [-0.1, -0.05) is 235 Å². The fraction of sp³-hybridized carbons (Fsp3) is 0.243. The van der Waals surface area contributed by atoms with Gasteiger partial charge in [-0.05, 0) is 208 Å². The van der Waals surface area contributed by atoms with E-state index in [1.54, 1.807) is 0 Å². The number of rotatable bonds is 4. The molecule has 1 aliphatic rings. The van der Waals surface area contributed by atoms with Crippen LogP contribution in [0.15, 0.2) is 170 Å². The minimum absolute atomic E-state index is 0.0684. The van der Waals surface area contributed by atoms with Gasteiger partial charge >= 0.3 is 0 Å². The molecule has 0 spiro atoms. The molecule has 0 nitrogen and oxygen atoms in total. The van der Waals surface area contributed by atoms with Gasteiger partial charge in [0.05, 0.1) is 0 Å². The van der Waals surface area contributed by atoms with Crippen LogP contribution in [0.2, 0.25) is 0 Å². The Kier molecular flexibility index (Phi) is 10.7. The molecule has 0 N–H and O–H groups in total. The van der Waals surface area contributed by atoms with E-state index in [1.165, 1.54) is 154 Å². The second-order valence-electron chi connectivity index (χ2n) is 25.9. The molecule has 0 saturated carbocycles. The van der Waals surface area contributed by atoms with Gasteiger partial charge in [0.2, 0.25) is 0 Å². The average Bonchev–Trinajstić information content (AvgIpc) is 3.71. The molecule has 0 heterocycles. The predicted molar refractivity (Wildman–Crippen MR) is 324 cm³/mol. The molecule has 1 aliphatic carbocycles. The zero-order chi connectivity index (χ0) is 52.0. The molecule has 0 saturated heterocycles. The zero-order valence-electron chi connectivity index (χ0n) is 46.2. The third kappa shape index (κ3) is 7.62. The quantitative estimate of drug-likeness (QED) is 0.154. The van der Waals surface area contributed by atoms with Gasteiger partial charge < -0.3 is 0 Å². The van der Waals surface area contributed by atoms with Crippen molar-refractivity contribution < 1.29 is 0 Å². The Balaban J connectivity index is 1.32. The van der Waals surface area contributed by atoms with Gasteiger partial charge in [-0.3, -0.25) is 0 Å². The van der Waals surface area contributed by atoms with Crippen molar-refractivity contribution in [2.45, 2.75) is 119 Å². The Hall–Kier alpha value is -7.28. The molecule has 11 aromatic rings. The Bertz CT molecular complexity index is 4070. The Morgan fingerprint density at radius 3 is 1.28 bits per heavy atom. The number of benzene rings is 11. The van der Waals surface area contributed by atoms with Gasteiger partial charge in [0, 0.05) is 0 Å². The molecule has 0 atom stereocenters. The van der Waals surface area contributed by atoms with Gasteiger partial charge in [-0.2, -0.15) is 0 Å². The Labute approximate surface area is 440 Å². The number of aryl methyl sites for hydroxylation is 2. The predicted octanol–water partition coefficient (Wildman–Crippen LogP) is 21.6. The molecule has 0 heteroatoms. The van der Waals surface area contributed by atoms with E-state index in [2.05, 4.69) is 267 Å². The van der Waals surface area contributed by atoms with E-state index in [1.807, 2.05) is 0 Å². The molecule has 0 radical (unpaired) electrons. The van der Waals surface area contributed by atoms with Gasteiger partial charge in [0.25, 0.3) is 0 Å². The van der Waals surface area contributed by atoms with Crippen molar-refractivity contribution in [1.82, 2.24) is 0 Å². The highest BCUT2D eigenvalue weighted by atomic mass is 14.4. The van der Waals surface area contributed by atoms with Crippen LogP contribution in [0.25, 0.3) is 121 Å². The highest BCUT2D eigenvalue weighted by Crippen LogP contribution is 2.60. The van der Waals surface area contributed by atoms with Crippen molar-refractivity contribution in [2.75, 3.05) is 0 Å². The summed E-state index contributed by atoms with van der Waals surface area (Å²) in [5, 5.41) is 12.9. The number of fused-ring (bicyclic) bond motifs is 9. The Morgan fingerprint density at radius 1 is 0.243 bits per heavy atom. The largest absolute Gasteiger partial charge is 0.0617 e. The topological polar surface area (TPSA) is 0 Å². The lowest BCUT2D eigenvalue weighted by atomic mass is 9.75. The van der Waals surface area contributed by atoms with Crippen LogP contribution in [0.5, 0.6) is 0 Å². The molecule has 12 rings (SSSR count). The van der Waals surface area contributed by atoms with Crippen molar-refractivity contribution >= 4 is 53.9 Å². The molecule has 0 bridgehead atoms. The van der Waals surface area contributed by atoms with Crippen molar-refractivity contribution in [3.8, 4) is 66.8 Å². The van der Waals surface area contributed by atoms with Crippen LogP contribution in [0.1, 0.15) is 116 Å². The maximum absolute atomic E-state index is 2.59. The summed E-state index contributed by atoms with van der Waals surface area (Å²) in [5.41, 5.74) is 23.4. The highest BCUT2D eigenvalue weighted by molar-refractivity contribution is 6.34. The molecule has 0 fully saturated rings. The maximum Gasteiger partial charge on any atom is -0.000719 e. The van der Waals surface area contributed by atoms with Crippen LogP contribution in [-0.4, -0.2) is 0 Å². The average molecular weight is 959 g/mol. The van der Waals surface area contributed by atoms with Crippen LogP contribution in [0, 0.1) is 13.8 Å². The van der Waals surface area contributed by atoms with Gasteiger partial charge in [0.1, 0.15) is 0 Å². The molecule has 0 aliphatic heterocycles. The highest BCUT2D eigenvalue weighted by Gasteiger charge is 2.34. The summed E-state index contributed by atoms with van der Waals surface area (Å²) in [6.45, 7) is 33.0. The van der Waals surface area contributed by atoms with Crippen molar-refractivity contribution in [3.63, 3.8) is 0 Å². The monoisotopic (exact) mass is 959 g/mol. The normalized spacial score (nSPS) is 13.0. The molecule has 0 unspecified atom stereocenters. The summed E-state index contributed by atoms with van der Waals surface area (Å²) >= 11 is 0. The fourth-order valence-corrected chi connectivity index (χ4v) is 12.5. The van der Waals surface area contributed by atoms with Crippen molar-refractivity contribution in [3.05, 3.63) is 203 Å². The third-order valence-electron chi connectivity index (χ3n) is 16.6.